The zero-order chi connectivity index (χ0) is 46.8. The number of fused-ring (bicyclic) bond motifs is 14. The van der Waals surface area contributed by atoms with Crippen LogP contribution in [0.2, 0.25) is 0 Å². The van der Waals surface area contributed by atoms with Gasteiger partial charge in [-0.3, -0.25) is 0 Å². The molecule has 0 radical (unpaired) electrons. The Hall–Kier alpha value is -7.12. The minimum atomic E-state index is -2.20. The van der Waals surface area contributed by atoms with Crippen molar-refractivity contribution in [3.05, 3.63) is 199 Å². The smallest absolute Gasteiger partial charge is 0.496 e. The van der Waals surface area contributed by atoms with Crippen LogP contribution in [0.5, 0.6) is 34.5 Å². The zero-order valence-electron chi connectivity index (χ0n) is 38.4. The molecule has 11 rings (SSSR count). The van der Waals surface area contributed by atoms with E-state index in [9.17, 15) is 9.59 Å². The van der Waals surface area contributed by atoms with Crippen LogP contribution in [0.25, 0.3) is 21.5 Å². The average Bonchev–Trinajstić information content (AvgIpc) is 3.30. The van der Waals surface area contributed by atoms with Crippen molar-refractivity contribution in [1.82, 2.24) is 0 Å². The Labute approximate surface area is 396 Å². The van der Waals surface area contributed by atoms with Crippen LogP contribution < -0.4 is 27.6 Å². The topological polar surface area (TPSA) is 108 Å². The van der Waals surface area contributed by atoms with E-state index >= 15 is 0 Å². The standard InChI is InChI=1S/C56H46O10P2/c1-31-19-37-27-41-23-33(3)25-43(53(41)63-67-61-47-17-15-35-11-7-9-13-45(35)49(47)55(57)65-67)29-39-21-32(2)22-40(52(39)60-6)30-44-26-34(4)24-42(28-38(20-31)51(37)59-5)54(44)64-68-62-48-18-16-36-12-8-10-14-46(36)50(48)56(58)66-68/h7-26H,27-30H2,1-6H3. The number of hydrogen-bond donors (Lipinski definition) is 0. The number of aryl methyl sites for hydroxylation is 4. The van der Waals surface area contributed by atoms with Crippen LogP contribution in [0, 0.1) is 27.7 Å². The Morgan fingerprint density at radius 3 is 1.03 bits per heavy atom. The second-order valence-corrected chi connectivity index (χ2v) is 19.6. The molecule has 0 fully saturated rings. The first-order valence-corrected chi connectivity index (χ1v) is 24.6. The van der Waals surface area contributed by atoms with Crippen LogP contribution in [0.3, 0.4) is 0 Å². The maximum absolute atomic E-state index is 13.8. The molecule has 2 aliphatic heterocycles. The normalized spacial score (nSPS) is 16.1. The van der Waals surface area contributed by atoms with E-state index in [0.29, 0.717) is 71.3 Å². The number of ether oxygens (including phenoxy) is 2. The summed E-state index contributed by atoms with van der Waals surface area (Å²) < 4.78 is 51.2. The molecule has 0 saturated heterocycles. The number of carbonyl (C=O) groups excluding carboxylic acids is 2. The Bertz CT molecular complexity index is 3080. The first kappa shape index (κ1) is 43.5. The third kappa shape index (κ3) is 8.01. The molecule has 0 aromatic heterocycles. The summed E-state index contributed by atoms with van der Waals surface area (Å²) in [6.45, 7) is 8.29. The SMILES string of the molecule is COc1c2cc(C)cc1Cc1cc(C)cc(c1OP1OC(=O)c3c(ccc4ccccc34)O1)Cc1cc(C)cc(c1OC)Cc1cc(C)cc(c1OP1OC(=O)c3c(ccc4ccccc34)O1)C2. The molecular weight excluding hydrogens is 895 g/mol. The van der Waals surface area contributed by atoms with E-state index in [1.165, 1.54) is 0 Å². The highest BCUT2D eigenvalue weighted by atomic mass is 31.2. The van der Waals surface area contributed by atoms with Gasteiger partial charge in [-0.2, -0.15) is 0 Å². The lowest BCUT2D eigenvalue weighted by molar-refractivity contribution is 0.0687. The van der Waals surface area contributed by atoms with Gasteiger partial charge in [-0.25, -0.2) is 9.59 Å². The van der Waals surface area contributed by atoms with Gasteiger partial charge in [0.1, 0.15) is 45.6 Å². The molecule has 10 nitrogen and oxygen atoms in total. The lowest BCUT2D eigenvalue weighted by Crippen LogP contribution is -2.16. The lowest BCUT2D eigenvalue weighted by atomic mass is 9.89. The molecule has 8 aromatic carbocycles. The Morgan fingerprint density at radius 1 is 0.397 bits per heavy atom. The molecule has 0 N–H and O–H groups in total. The van der Waals surface area contributed by atoms with Gasteiger partial charge in [0.15, 0.2) is 0 Å². The summed E-state index contributed by atoms with van der Waals surface area (Å²) in [4.78, 5) is 27.6. The Morgan fingerprint density at radius 2 is 0.706 bits per heavy atom. The minimum absolute atomic E-state index is 0.381. The van der Waals surface area contributed by atoms with Gasteiger partial charge in [0.2, 0.25) is 0 Å². The highest BCUT2D eigenvalue weighted by molar-refractivity contribution is 7.43. The number of rotatable bonds is 6. The average molecular weight is 941 g/mol. The summed E-state index contributed by atoms with van der Waals surface area (Å²) in [5.41, 5.74) is 12.1. The van der Waals surface area contributed by atoms with Crippen molar-refractivity contribution in [3.8, 4) is 34.5 Å². The third-order valence-corrected chi connectivity index (χ3v) is 14.6. The highest BCUT2D eigenvalue weighted by Gasteiger charge is 2.37. The molecule has 2 atom stereocenters. The number of benzene rings is 8. The molecule has 1 aliphatic carbocycles. The monoisotopic (exact) mass is 940 g/mol. The predicted octanol–water partition coefficient (Wildman–Crippen LogP) is 13.6. The van der Waals surface area contributed by atoms with E-state index in [-0.39, 0.29) is 0 Å². The van der Waals surface area contributed by atoms with E-state index in [2.05, 4.69) is 76.2 Å². The minimum Gasteiger partial charge on any atom is -0.496 e. The molecule has 340 valence electrons. The number of hydrogen-bond acceptors (Lipinski definition) is 10. The summed E-state index contributed by atoms with van der Waals surface area (Å²) >= 11 is 0. The molecule has 12 heteroatoms. The van der Waals surface area contributed by atoms with E-state index in [1.807, 2.05) is 60.7 Å². The maximum atomic E-state index is 13.8. The van der Waals surface area contributed by atoms with Crippen molar-refractivity contribution >= 4 is 50.7 Å². The van der Waals surface area contributed by atoms with Gasteiger partial charge in [-0.05, 0) is 106 Å². The first-order chi connectivity index (χ1) is 33.0. The molecule has 0 amide bonds. The van der Waals surface area contributed by atoms with Crippen LogP contribution in [-0.2, 0) is 34.7 Å². The van der Waals surface area contributed by atoms with Crippen molar-refractivity contribution < 1.29 is 46.2 Å². The molecule has 8 aromatic rings. The van der Waals surface area contributed by atoms with Gasteiger partial charge in [0, 0.05) is 25.7 Å². The fourth-order valence-corrected chi connectivity index (χ4v) is 12.1. The van der Waals surface area contributed by atoms with Crippen LogP contribution in [-0.4, -0.2) is 26.2 Å². The fraction of sp³-hybridized carbons (Fsp3) is 0.179. The number of carbonyl (C=O) groups is 2. The van der Waals surface area contributed by atoms with Gasteiger partial charge in [0.05, 0.1) is 14.2 Å². The molecule has 2 heterocycles. The summed E-state index contributed by atoms with van der Waals surface area (Å²) in [5.74, 6) is 2.40. The van der Waals surface area contributed by atoms with Crippen molar-refractivity contribution in [3.63, 3.8) is 0 Å². The van der Waals surface area contributed by atoms with Gasteiger partial charge in [-0.15, -0.1) is 0 Å². The second kappa shape index (κ2) is 17.5. The summed E-state index contributed by atoms with van der Waals surface area (Å²) in [7, 11) is -1.03. The summed E-state index contributed by atoms with van der Waals surface area (Å²) in [6.07, 6.45) is 1.67. The van der Waals surface area contributed by atoms with Crippen molar-refractivity contribution in [2.75, 3.05) is 14.2 Å². The van der Waals surface area contributed by atoms with Crippen LogP contribution in [0.4, 0.5) is 0 Å². The van der Waals surface area contributed by atoms with Gasteiger partial charge >= 0.3 is 29.1 Å². The van der Waals surface area contributed by atoms with Crippen LogP contribution >= 0.6 is 17.2 Å². The molecule has 0 spiro atoms. The first-order valence-electron chi connectivity index (χ1n) is 22.4. The van der Waals surface area contributed by atoms with Crippen molar-refractivity contribution in [2.24, 2.45) is 0 Å². The number of methoxy groups -OCH3 is 2. The largest absolute Gasteiger partial charge is 0.532 e. The van der Waals surface area contributed by atoms with Gasteiger partial charge < -0.3 is 36.6 Å². The molecule has 0 saturated carbocycles. The second-order valence-electron chi connectivity index (χ2n) is 17.7. The molecule has 2 unspecified atom stereocenters. The van der Waals surface area contributed by atoms with Gasteiger partial charge in [0.25, 0.3) is 0 Å². The Kier molecular flexibility index (Phi) is 11.2. The molecule has 68 heavy (non-hydrogen) atoms. The third-order valence-electron chi connectivity index (χ3n) is 12.7. The summed E-state index contributed by atoms with van der Waals surface area (Å²) in [6, 6.07) is 39.8. The lowest BCUT2D eigenvalue weighted by Gasteiger charge is -2.27. The summed E-state index contributed by atoms with van der Waals surface area (Å²) in [5, 5.41) is 3.34. The van der Waals surface area contributed by atoms with Gasteiger partial charge in [-0.1, -0.05) is 131 Å². The zero-order valence-corrected chi connectivity index (χ0v) is 40.1. The fourth-order valence-electron chi connectivity index (χ4n) is 10.1. The van der Waals surface area contributed by atoms with E-state index < -0.39 is 29.1 Å². The van der Waals surface area contributed by atoms with Crippen LogP contribution in [0.1, 0.15) is 87.5 Å². The molecular formula is C56H46O10P2. The van der Waals surface area contributed by atoms with E-state index in [1.54, 1.807) is 26.4 Å². The Balaban J connectivity index is 1.04. The van der Waals surface area contributed by atoms with Crippen LogP contribution in [0.15, 0.2) is 121 Å². The molecule has 8 bridgehead atoms. The predicted molar refractivity (Wildman–Crippen MR) is 264 cm³/mol. The highest BCUT2D eigenvalue weighted by Crippen LogP contribution is 2.53. The maximum Gasteiger partial charge on any atom is 0.532 e. The van der Waals surface area contributed by atoms with E-state index in [0.717, 1.165) is 88.3 Å². The molecule has 3 aliphatic rings. The van der Waals surface area contributed by atoms with Crippen molar-refractivity contribution in [1.29, 1.82) is 0 Å². The quantitative estimate of drug-likeness (QED) is 0.150. The van der Waals surface area contributed by atoms with E-state index in [4.69, 9.17) is 36.6 Å². The van der Waals surface area contributed by atoms with Crippen molar-refractivity contribution in [2.45, 2.75) is 53.4 Å².